The number of carbonyl (C=O) groups is 2. The van der Waals surface area contributed by atoms with Crippen LogP contribution in [0.5, 0.6) is 11.8 Å². The molecular formula is C12H19N3O7. The Morgan fingerprint density at radius 2 is 1.73 bits per heavy atom. The summed E-state index contributed by atoms with van der Waals surface area (Å²) in [5.74, 6) is -3.67. The highest BCUT2D eigenvalue weighted by molar-refractivity contribution is 6.27. The summed E-state index contributed by atoms with van der Waals surface area (Å²) in [6, 6.07) is 0.459. The number of carboxylic acid groups (broad SMARTS) is 2. The van der Waals surface area contributed by atoms with E-state index in [1.165, 1.54) is 12.4 Å². The van der Waals surface area contributed by atoms with E-state index in [4.69, 9.17) is 29.6 Å². The van der Waals surface area contributed by atoms with E-state index in [0.29, 0.717) is 12.6 Å². The number of aliphatic hydroxyl groups excluding tert-OH is 1. The van der Waals surface area contributed by atoms with E-state index in [0.717, 1.165) is 0 Å². The van der Waals surface area contributed by atoms with E-state index in [1.54, 1.807) is 0 Å². The van der Waals surface area contributed by atoms with Gasteiger partial charge in [-0.1, -0.05) is 13.8 Å². The van der Waals surface area contributed by atoms with Crippen LogP contribution in [-0.4, -0.2) is 67.6 Å². The summed E-state index contributed by atoms with van der Waals surface area (Å²) in [7, 11) is 0. The maximum atomic E-state index is 9.52. The van der Waals surface area contributed by atoms with Crippen molar-refractivity contribution in [2.24, 2.45) is 0 Å². The molecule has 0 fully saturated rings. The fraction of sp³-hybridized carbons (Fsp3) is 0.500. The van der Waals surface area contributed by atoms with Gasteiger partial charge in [-0.3, -0.25) is 0 Å². The number of aromatic nitrogens is 2. The van der Waals surface area contributed by atoms with Crippen LogP contribution in [0.4, 0.5) is 0 Å². The number of nitrogens with one attached hydrogen (secondary N) is 1. The molecule has 0 aliphatic carbocycles. The average molecular weight is 317 g/mol. The summed E-state index contributed by atoms with van der Waals surface area (Å²) >= 11 is 0. The minimum absolute atomic E-state index is 0.0191. The zero-order valence-electron chi connectivity index (χ0n) is 12.1. The zero-order chi connectivity index (χ0) is 17.1. The van der Waals surface area contributed by atoms with Crippen LogP contribution >= 0.6 is 0 Å². The van der Waals surface area contributed by atoms with Crippen molar-refractivity contribution in [3.05, 3.63) is 12.4 Å². The predicted molar refractivity (Wildman–Crippen MR) is 73.6 cm³/mol. The molecule has 1 unspecified atom stereocenters. The van der Waals surface area contributed by atoms with E-state index in [2.05, 4.69) is 15.3 Å². The summed E-state index contributed by atoms with van der Waals surface area (Å²) < 4.78 is 5.13. The van der Waals surface area contributed by atoms with Gasteiger partial charge in [0.1, 0.15) is 12.7 Å². The molecule has 0 aromatic carbocycles. The molecule has 1 aromatic heterocycles. The second-order valence-corrected chi connectivity index (χ2v) is 4.36. The third kappa shape index (κ3) is 10.3. The van der Waals surface area contributed by atoms with Gasteiger partial charge in [0.2, 0.25) is 0 Å². The number of aromatic hydroxyl groups is 1. The van der Waals surface area contributed by atoms with Gasteiger partial charge in [-0.05, 0) is 0 Å². The predicted octanol–water partition coefficient (Wildman–Crippen LogP) is -0.924. The number of aliphatic hydroxyl groups is 1. The number of hydrogen-bond acceptors (Lipinski definition) is 8. The Hall–Kier alpha value is -2.46. The van der Waals surface area contributed by atoms with Crippen LogP contribution in [0.15, 0.2) is 12.4 Å². The lowest BCUT2D eigenvalue weighted by Gasteiger charge is -2.13. The van der Waals surface area contributed by atoms with E-state index in [-0.39, 0.29) is 18.4 Å². The molecule has 1 heterocycles. The van der Waals surface area contributed by atoms with E-state index in [9.17, 15) is 5.11 Å². The second-order valence-electron chi connectivity index (χ2n) is 4.36. The van der Waals surface area contributed by atoms with Crippen molar-refractivity contribution in [3.8, 4) is 11.8 Å². The molecule has 22 heavy (non-hydrogen) atoms. The number of rotatable bonds is 6. The molecule has 0 saturated carbocycles. The number of hydrogen-bond donors (Lipinski definition) is 5. The lowest BCUT2D eigenvalue weighted by molar-refractivity contribution is -0.159. The van der Waals surface area contributed by atoms with Crippen LogP contribution in [0.2, 0.25) is 0 Å². The van der Waals surface area contributed by atoms with Crippen molar-refractivity contribution in [3.63, 3.8) is 0 Å². The van der Waals surface area contributed by atoms with Crippen molar-refractivity contribution >= 4 is 11.9 Å². The SMILES string of the molecule is CC(C)NCC(O)COc1ncc(O)cn1.O=C(O)C(=O)O. The van der Waals surface area contributed by atoms with Crippen LogP contribution in [0.3, 0.4) is 0 Å². The normalized spacial score (nSPS) is 11.3. The van der Waals surface area contributed by atoms with Crippen LogP contribution in [-0.2, 0) is 9.59 Å². The van der Waals surface area contributed by atoms with Gasteiger partial charge in [0.15, 0.2) is 5.75 Å². The Kier molecular flexibility index (Phi) is 9.14. The molecule has 124 valence electrons. The van der Waals surface area contributed by atoms with Gasteiger partial charge in [0, 0.05) is 12.6 Å². The summed E-state index contributed by atoms with van der Waals surface area (Å²) in [4.78, 5) is 25.7. The van der Waals surface area contributed by atoms with E-state index in [1.807, 2.05) is 13.8 Å². The molecule has 10 nitrogen and oxygen atoms in total. The minimum atomic E-state index is -1.82. The monoisotopic (exact) mass is 317 g/mol. The summed E-state index contributed by atoms with van der Waals surface area (Å²) in [5.41, 5.74) is 0. The summed E-state index contributed by atoms with van der Waals surface area (Å²) in [6.45, 7) is 4.56. The highest BCUT2D eigenvalue weighted by atomic mass is 16.5. The smallest absolute Gasteiger partial charge is 0.414 e. The lowest BCUT2D eigenvalue weighted by atomic mass is 10.3. The second kappa shape index (κ2) is 10.3. The molecule has 1 aromatic rings. The van der Waals surface area contributed by atoms with Crippen LogP contribution in [0, 0.1) is 0 Å². The Labute approximate surface area is 126 Å². The third-order valence-corrected chi connectivity index (χ3v) is 1.96. The molecule has 0 aliphatic heterocycles. The fourth-order valence-corrected chi connectivity index (χ4v) is 0.985. The first kappa shape index (κ1) is 19.5. The van der Waals surface area contributed by atoms with E-state index >= 15 is 0 Å². The fourth-order valence-electron chi connectivity index (χ4n) is 0.985. The van der Waals surface area contributed by atoms with Crippen molar-refractivity contribution in [1.82, 2.24) is 15.3 Å². The van der Waals surface area contributed by atoms with Gasteiger partial charge in [0.05, 0.1) is 12.4 Å². The molecule has 0 aliphatic rings. The Morgan fingerprint density at radius 3 is 2.14 bits per heavy atom. The van der Waals surface area contributed by atoms with Crippen LogP contribution < -0.4 is 10.1 Å². The standard InChI is InChI=1S/C10H17N3O3.C2H2O4/c1-7(2)11-5-9(15)6-16-10-12-3-8(14)4-13-10;3-1(4)2(5)6/h3-4,7,9,11,14-15H,5-6H2,1-2H3;(H,3,4)(H,5,6). The molecule has 0 radical (unpaired) electrons. The van der Waals surface area contributed by atoms with Gasteiger partial charge in [0.25, 0.3) is 0 Å². The van der Waals surface area contributed by atoms with Crippen LogP contribution in [0.1, 0.15) is 13.8 Å². The molecule has 0 amide bonds. The number of ether oxygens (including phenoxy) is 1. The number of nitrogens with zero attached hydrogens (tertiary/aromatic N) is 2. The Morgan fingerprint density at radius 1 is 1.23 bits per heavy atom. The largest absolute Gasteiger partial charge is 0.505 e. The molecule has 1 atom stereocenters. The van der Waals surface area contributed by atoms with Gasteiger partial charge in [-0.15, -0.1) is 0 Å². The zero-order valence-corrected chi connectivity index (χ0v) is 12.1. The molecule has 0 bridgehead atoms. The third-order valence-electron chi connectivity index (χ3n) is 1.96. The molecule has 0 saturated heterocycles. The van der Waals surface area contributed by atoms with Crippen molar-refractivity contribution in [2.45, 2.75) is 26.0 Å². The highest BCUT2D eigenvalue weighted by Gasteiger charge is 2.07. The van der Waals surface area contributed by atoms with Crippen molar-refractivity contribution in [2.75, 3.05) is 13.2 Å². The quantitative estimate of drug-likeness (QED) is 0.414. The average Bonchev–Trinajstić information content (AvgIpc) is 2.45. The van der Waals surface area contributed by atoms with Crippen molar-refractivity contribution in [1.29, 1.82) is 0 Å². The minimum Gasteiger partial charge on any atom is -0.505 e. The van der Waals surface area contributed by atoms with E-state index < -0.39 is 18.0 Å². The summed E-state index contributed by atoms with van der Waals surface area (Å²) in [5, 5.41) is 36.3. The number of aliphatic carboxylic acids is 2. The summed E-state index contributed by atoms with van der Waals surface area (Å²) in [6.07, 6.45) is 1.86. The molecule has 1 rings (SSSR count). The maximum absolute atomic E-state index is 9.52. The first-order valence-corrected chi connectivity index (χ1v) is 6.23. The molecule has 0 spiro atoms. The topological polar surface area (TPSA) is 162 Å². The van der Waals surface area contributed by atoms with Gasteiger partial charge < -0.3 is 30.5 Å². The Bertz CT molecular complexity index is 452. The maximum Gasteiger partial charge on any atom is 0.414 e. The molecule has 5 N–H and O–H groups in total. The Balaban J connectivity index is 0.000000626. The molecular weight excluding hydrogens is 298 g/mol. The molecule has 10 heteroatoms. The van der Waals surface area contributed by atoms with Gasteiger partial charge in [-0.25, -0.2) is 9.59 Å². The first-order valence-electron chi connectivity index (χ1n) is 6.23. The highest BCUT2D eigenvalue weighted by Crippen LogP contribution is 2.07. The number of carboxylic acids is 2. The van der Waals surface area contributed by atoms with Gasteiger partial charge in [-0.2, -0.15) is 9.97 Å². The van der Waals surface area contributed by atoms with Crippen molar-refractivity contribution < 1.29 is 34.8 Å². The van der Waals surface area contributed by atoms with Gasteiger partial charge >= 0.3 is 17.9 Å². The van der Waals surface area contributed by atoms with Crippen LogP contribution in [0.25, 0.3) is 0 Å². The lowest BCUT2D eigenvalue weighted by Crippen LogP contribution is -2.35. The first-order chi connectivity index (χ1) is 10.2.